The molecule has 2 nitrogen and oxygen atoms in total. The fourth-order valence-corrected chi connectivity index (χ4v) is 1.86. The first-order valence-corrected chi connectivity index (χ1v) is 4.91. The summed E-state index contributed by atoms with van der Waals surface area (Å²) < 4.78 is 0. The number of aliphatic imine (C=N–C) groups is 1. The van der Waals surface area contributed by atoms with Gasteiger partial charge in [0.2, 0.25) is 6.08 Å². The Morgan fingerprint density at radius 1 is 1.29 bits per heavy atom. The van der Waals surface area contributed by atoms with Gasteiger partial charge in [-0.2, -0.15) is 4.99 Å². The van der Waals surface area contributed by atoms with Gasteiger partial charge in [0.15, 0.2) is 0 Å². The fourth-order valence-electron chi connectivity index (χ4n) is 1.86. The van der Waals surface area contributed by atoms with Crippen LogP contribution in [0.1, 0.15) is 35.4 Å². The highest BCUT2D eigenvalue weighted by Gasteiger charge is 2.24. The van der Waals surface area contributed by atoms with E-state index in [-0.39, 0.29) is 0 Å². The molecule has 0 N–H and O–H groups in total. The third-order valence-corrected chi connectivity index (χ3v) is 2.72. The number of carbonyl (C=O) groups excluding carboxylic acids is 1. The van der Waals surface area contributed by atoms with Gasteiger partial charge in [-0.05, 0) is 49.3 Å². The molecule has 0 amide bonds. The standard InChI is InChI=1S/C12H13NO/c1-8-5-11(10-3-4-10)6-9(2)12(8)13-7-14/h5-6,10H,3-4H2,1-2H3. The zero-order chi connectivity index (χ0) is 10.1. The highest BCUT2D eigenvalue weighted by molar-refractivity contribution is 5.59. The second kappa shape index (κ2) is 3.39. The summed E-state index contributed by atoms with van der Waals surface area (Å²) in [6.07, 6.45) is 4.21. The van der Waals surface area contributed by atoms with E-state index in [9.17, 15) is 4.79 Å². The minimum atomic E-state index is 0.752. The Balaban J connectivity index is 2.48. The molecule has 0 heterocycles. The lowest BCUT2D eigenvalue weighted by Crippen LogP contribution is -1.86. The van der Waals surface area contributed by atoms with Gasteiger partial charge >= 0.3 is 0 Å². The Hall–Kier alpha value is -1.40. The van der Waals surface area contributed by atoms with Crippen molar-refractivity contribution in [3.05, 3.63) is 28.8 Å². The molecule has 0 aliphatic heterocycles. The Bertz CT molecular complexity index is 389. The molecule has 0 radical (unpaired) electrons. The predicted octanol–water partition coefficient (Wildman–Crippen LogP) is 3.15. The smallest absolute Gasteiger partial charge is 0.211 e. The first kappa shape index (κ1) is 9.17. The molecule has 1 fully saturated rings. The van der Waals surface area contributed by atoms with Gasteiger partial charge in [0.25, 0.3) is 0 Å². The first-order chi connectivity index (χ1) is 6.72. The molecule has 0 atom stereocenters. The molecule has 1 aliphatic rings. The third kappa shape index (κ3) is 1.61. The maximum Gasteiger partial charge on any atom is 0.240 e. The van der Waals surface area contributed by atoms with Crippen LogP contribution in [0.4, 0.5) is 5.69 Å². The molecule has 14 heavy (non-hydrogen) atoms. The number of hydrogen-bond donors (Lipinski definition) is 0. The Labute approximate surface area is 83.7 Å². The van der Waals surface area contributed by atoms with E-state index in [1.807, 2.05) is 13.8 Å². The quantitative estimate of drug-likeness (QED) is 0.516. The Morgan fingerprint density at radius 3 is 2.29 bits per heavy atom. The number of rotatable bonds is 2. The second-order valence-electron chi connectivity index (χ2n) is 3.98. The van der Waals surface area contributed by atoms with Gasteiger partial charge in [-0.3, -0.25) is 0 Å². The number of isocyanates is 1. The molecule has 1 aromatic rings. The van der Waals surface area contributed by atoms with E-state index in [0.717, 1.165) is 22.7 Å². The van der Waals surface area contributed by atoms with Crippen LogP contribution in [0.2, 0.25) is 0 Å². The van der Waals surface area contributed by atoms with Crippen molar-refractivity contribution in [1.29, 1.82) is 0 Å². The van der Waals surface area contributed by atoms with Crippen molar-refractivity contribution in [2.24, 2.45) is 4.99 Å². The van der Waals surface area contributed by atoms with Crippen molar-refractivity contribution in [3.8, 4) is 0 Å². The van der Waals surface area contributed by atoms with Gasteiger partial charge in [-0.25, -0.2) is 4.79 Å². The van der Waals surface area contributed by atoms with Crippen molar-refractivity contribution in [2.75, 3.05) is 0 Å². The van der Waals surface area contributed by atoms with Gasteiger partial charge in [0.05, 0.1) is 5.69 Å². The third-order valence-electron chi connectivity index (χ3n) is 2.72. The lowest BCUT2D eigenvalue weighted by molar-refractivity contribution is 0.565. The maximum atomic E-state index is 10.2. The molecule has 2 heteroatoms. The number of aryl methyl sites for hydroxylation is 2. The van der Waals surface area contributed by atoms with Crippen molar-refractivity contribution in [1.82, 2.24) is 0 Å². The van der Waals surface area contributed by atoms with E-state index in [4.69, 9.17) is 0 Å². The summed E-state index contributed by atoms with van der Waals surface area (Å²) in [7, 11) is 0. The van der Waals surface area contributed by atoms with Crippen LogP contribution in [0.3, 0.4) is 0 Å². The molecule has 1 aliphatic carbocycles. The van der Waals surface area contributed by atoms with Crippen molar-refractivity contribution in [2.45, 2.75) is 32.6 Å². The lowest BCUT2D eigenvalue weighted by atomic mass is 10.0. The van der Waals surface area contributed by atoms with E-state index >= 15 is 0 Å². The van der Waals surface area contributed by atoms with Gasteiger partial charge in [-0.1, -0.05) is 12.1 Å². The molecule has 0 unspecified atom stereocenters. The maximum absolute atomic E-state index is 10.2. The van der Waals surface area contributed by atoms with Crippen LogP contribution in [-0.2, 0) is 4.79 Å². The van der Waals surface area contributed by atoms with Crippen LogP contribution in [0, 0.1) is 13.8 Å². The summed E-state index contributed by atoms with van der Waals surface area (Å²) in [4.78, 5) is 13.9. The molecule has 2 rings (SSSR count). The molecule has 0 saturated heterocycles. The van der Waals surface area contributed by atoms with E-state index in [1.165, 1.54) is 18.4 Å². The summed E-state index contributed by atoms with van der Waals surface area (Å²) in [5.41, 5.74) is 4.33. The number of benzene rings is 1. The van der Waals surface area contributed by atoms with Crippen molar-refractivity contribution in [3.63, 3.8) is 0 Å². The molecular weight excluding hydrogens is 174 g/mol. The zero-order valence-electron chi connectivity index (χ0n) is 8.50. The van der Waals surface area contributed by atoms with Crippen LogP contribution >= 0.6 is 0 Å². The van der Waals surface area contributed by atoms with Crippen molar-refractivity contribution < 1.29 is 4.79 Å². The summed E-state index contributed by atoms with van der Waals surface area (Å²) in [5.74, 6) is 0.752. The fraction of sp³-hybridized carbons (Fsp3) is 0.417. The topological polar surface area (TPSA) is 29.4 Å². The van der Waals surface area contributed by atoms with E-state index < -0.39 is 0 Å². The second-order valence-corrected chi connectivity index (χ2v) is 3.98. The average molecular weight is 187 g/mol. The highest BCUT2D eigenvalue weighted by Crippen LogP contribution is 2.42. The summed E-state index contributed by atoms with van der Waals surface area (Å²) in [5, 5.41) is 0. The van der Waals surface area contributed by atoms with Crippen LogP contribution < -0.4 is 0 Å². The van der Waals surface area contributed by atoms with E-state index in [1.54, 1.807) is 6.08 Å². The molecule has 0 spiro atoms. The van der Waals surface area contributed by atoms with Gasteiger partial charge in [0, 0.05) is 0 Å². The predicted molar refractivity (Wildman–Crippen MR) is 55.7 cm³/mol. The molecule has 0 bridgehead atoms. The molecule has 1 saturated carbocycles. The molecule has 1 aromatic carbocycles. The van der Waals surface area contributed by atoms with E-state index in [2.05, 4.69) is 17.1 Å². The van der Waals surface area contributed by atoms with Crippen LogP contribution in [0.5, 0.6) is 0 Å². The van der Waals surface area contributed by atoms with E-state index in [0.29, 0.717) is 0 Å². The minimum Gasteiger partial charge on any atom is -0.211 e. The van der Waals surface area contributed by atoms with Crippen LogP contribution in [-0.4, -0.2) is 6.08 Å². The molecule has 72 valence electrons. The van der Waals surface area contributed by atoms with Crippen LogP contribution in [0.15, 0.2) is 17.1 Å². The van der Waals surface area contributed by atoms with Gasteiger partial charge < -0.3 is 0 Å². The average Bonchev–Trinajstić information content (AvgIpc) is 2.93. The number of nitrogens with zero attached hydrogens (tertiary/aromatic N) is 1. The lowest BCUT2D eigenvalue weighted by Gasteiger charge is -2.06. The minimum absolute atomic E-state index is 0.752. The Kier molecular flexibility index (Phi) is 2.22. The summed E-state index contributed by atoms with van der Waals surface area (Å²) >= 11 is 0. The van der Waals surface area contributed by atoms with Crippen molar-refractivity contribution >= 4 is 11.8 Å². The highest BCUT2D eigenvalue weighted by atomic mass is 16.1. The van der Waals surface area contributed by atoms with Gasteiger partial charge in [0.1, 0.15) is 0 Å². The normalized spacial score (nSPS) is 15.0. The summed E-state index contributed by atoms with van der Waals surface area (Å²) in [6, 6.07) is 4.28. The Morgan fingerprint density at radius 2 is 1.86 bits per heavy atom. The SMILES string of the molecule is Cc1cc(C2CC2)cc(C)c1N=C=O. The summed E-state index contributed by atoms with van der Waals surface area (Å²) in [6.45, 7) is 3.99. The van der Waals surface area contributed by atoms with Crippen LogP contribution in [0.25, 0.3) is 0 Å². The zero-order valence-corrected chi connectivity index (χ0v) is 8.50. The van der Waals surface area contributed by atoms with Gasteiger partial charge in [-0.15, -0.1) is 0 Å². The first-order valence-electron chi connectivity index (χ1n) is 4.91. The monoisotopic (exact) mass is 187 g/mol. The number of hydrogen-bond acceptors (Lipinski definition) is 2. The molecular formula is C12H13NO. The molecule has 0 aromatic heterocycles. The largest absolute Gasteiger partial charge is 0.240 e.